The number of aliphatic hydroxyl groups excluding tert-OH is 1. The Bertz CT molecular complexity index is 588. The molecule has 1 N–H and O–H groups in total. The topological polar surface area (TPSA) is 54.3 Å². The van der Waals surface area contributed by atoms with Crippen LogP contribution < -0.4 is 4.68 Å². The highest BCUT2D eigenvalue weighted by atomic mass is 16.3. The molecule has 2 aromatic rings. The van der Waals surface area contributed by atoms with Gasteiger partial charge < -0.3 is 5.11 Å². The fourth-order valence-electron chi connectivity index (χ4n) is 2.22. The molecule has 0 fully saturated rings. The highest BCUT2D eigenvalue weighted by Crippen LogP contribution is 2.17. The Morgan fingerprint density at radius 1 is 1.39 bits per heavy atom. The lowest BCUT2D eigenvalue weighted by Gasteiger charge is -2.12. The molecule has 2 heterocycles. The normalized spacial score (nSPS) is 18.3. The Labute approximate surface area is 105 Å². The summed E-state index contributed by atoms with van der Waals surface area (Å²) < 4.78 is 3.46. The summed E-state index contributed by atoms with van der Waals surface area (Å²) in [4.78, 5) is 0. The first-order valence-electron chi connectivity index (χ1n) is 5.98. The van der Waals surface area contributed by atoms with Gasteiger partial charge in [-0.15, -0.1) is 14.5 Å². The molecular weight excluding hydrogens is 228 g/mol. The second-order valence-corrected chi connectivity index (χ2v) is 4.53. The fraction of sp³-hybridized carbons (Fsp3) is 0.308. The van der Waals surface area contributed by atoms with E-state index in [1.807, 2.05) is 37.3 Å². The molecule has 0 amide bonds. The van der Waals surface area contributed by atoms with Crippen LogP contribution in [0.4, 0.5) is 0 Å². The van der Waals surface area contributed by atoms with Gasteiger partial charge in [-0.3, -0.25) is 0 Å². The summed E-state index contributed by atoms with van der Waals surface area (Å²) >= 11 is 0. The molecule has 0 radical (unpaired) electrons. The second kappa shape index (κ2) is 4.34. The smallest absolute Gasteiger partial charge is 0.289 e. The summed E-state index contributed by atoms with van der Waals surface area (Å²) in [5.74, 6) is 0.740. The fourth-order valence-corrected chi connectivity index (χ4v) is 2.22. The van der Waals surface area contributed by atoms with Crippen LogP contribution in [0.2, 0.25) is 0 Å². The van der Waals surface area contributed by atoms with E-state index in [2.05, 4.69) is 10.2 Å². The van der Waals surface area contributed by atoms with Crippen LogP contribution in [-0.2, 0) is 6.54 Å². The summed E-state index contributed by atoms with van der Waals surface area (Å²) in [6.07, 6.45) is 1.68. The first-order chi connectivity index (χ1) is 8.74. The lowest BCUT2D eigenvalue weighted by atomic mass is 10.1. The number of hydrogen-bond donors (Lipinski definition) is 1. The summed E-state index contributed by atoms with van der Waals surface area (Å²) in [6, 6.07) is 10.1. The molecule has 1 aliphatic heterocycles. The minimum Gasteiger partial charge on any atom is -0.381 e. The molecule has 18 heavy (non-hydrogen) atoms. The summed E-state index contributed by atoms with van der Waals surface area (Å²) in [5, 5.41) is 18.8. The Morgan fingerprint density at radius 2 is 2.17 bits per heavy atom. The predicted molar refractivity (Wildman–Crippen MR) is 66.0 cm³/mol. The van der Waals surface area contributed by atoms with Crippen molar-refractivity contribution in [1.29, 1.82) is 0 Å². The van der Waals surface area contributed by atoms with E-state index in [-0.39, 0.29) is 0 Å². The van der Waals surface area contributed by atoms with Gasteiger partial charge in [-0.25, -0.2) is 0 Å². The van der Waals surface area contributed by atoms with Crippen LogP contribution in [0, 0.1) is 0 Å². The Morgan fingerprint density at radius 3 is 2.94 bits per heavy atom. The van der Waals surface area contributed by atoms with Crippen molar-refractivity contribution in [2.45, 2.75) is 26.0 Å². The van der Waals surface area contributed by atoms with Crippen LogP contribution in [0.15, 0.2) is 41.8 Å². The van der Waals surface area contributed by atoms with Crippen LogP contribution in [-0.4, -0.2) is 20.6 Å². The third kappa shape index (κ3) is 1.93. The summed E-state index contributed by atoms with van der Waals surface area (Å²) in [7, 11) is 0. The molecule has 92 valence electrons. The van der Waals surface area contributed by atoms with E-state index >= 15 is 0 Å². The zero-order valence-electron chi connectivity index (χ0n) is 10.2. The van der Waals surface area contributed by atoms with Gasteiger partial charge in [0.15, 0.2) is 0 Å². The standard InChI is InChI=1S/C13H15N4O/c1-10-7-12(18)13-16(14-9-17(13)15-10)8-11-5-3-2-4-6-11/h2-6,9,12,18H,7-8H2,1H3/q+1/t12-/m0/s1. The number of benzene rings is 1. The van der Waals surface area contributed by atoms with Crippen molar-refractivity contribution >= 4 is 5.71 Å². The monoisotopic (exact) mass is 243 g/mol. The molecular formula is C13H15N4O+. The number of nitrogens with zero attached hydrogens (tertiary/aromatic N) is 4. The van der Waals surface area contributed by atoms with Gasteiger partial charge in [0.25, 0.3) is 12.2 Å². The molecule has 3 rings (SSSR count). The van der Waals surface area contributed by atoms with Gasteiger partial charge in [0.2, 0.25) is 0 Å². The molecule has 0 saturated heterocycles. The van der Waals surface area contributed by atoms with E-state index in [1.165, 1.54) is 0 Å². The number of rotatable bonds is 2. The molecule has 1 atom stereocenters. The van der Waals surface area contributed by atoms with Gasteiger partial charge in [-0.1, -0.05) is 30.3 Å². The predicted octanol–water partition coefficient (Wildman–Crippen LogP) is 0.880. The van der Waals surface area contributed by atoms with Gasteiger partial charge in [0.05, 0.1) is 5.71 Å². The van der Waals surface area contributed by atoms with Crippen molar-refractivity contribution in [3.8, 4) is 0 Å². The Kier molecular flexibility index (Phi) is 2.68. The molecule has 1 aromatic heterocycles. The molecule has 1 aliphatic rings. The van der Waals surface area contributed by atoms with Crippen molar-refractivity contribution in [1.82, 2.24) is 9.78 Å². The average molecular weight is 243 g/mol. The van der Waals surface area contributed by atoms with E-state index in [9.17, 15) is 5.11 Å². The van der Waals surface area contributed by atoms with Gasteiger partial charge in [-0.2, -0.15) is 0 Å². The molecule has 0 spiro atoms. The first-order valence-corrected chi connectivity index (χ1v) is 5.98. The van der Waals surface area contributed by atoms with Gasteiger partial charge >= 0.3 is 0 Å². The number of aliphatic hydroxyl groups is 1. The molecule has 0 bridgehead atoms. The Balaban J connectivity index is 1.96. The largest absolute Gasteiger partial charge is 0.381 e. The Hall–Kier alpha value is -2.01. The van der Waals surface area contributed by atoms with Crippen LogP contribution in [0.3, 0.4) is 0 Å². The highest BCUT2D eigenvalue weighted by Gasteiger charge is 2.30. The third-order valence-corrected chi connectivity index (χ3v) is 3.04. The van der Waals surface area contributed by atoms with Gasteiger partial charge in [-0.05, 0) is 12.5 Å². The number of aromatic nitrogens is 3. The maximum atomic E-state index is 10.1. The minimum atomic E-state index is -0.534. The number of fused-ring (bicyclic) bond motifs is 1. The summed E-state index contributed by atoms with van der Waals surface area (Å²) in [5.41, 5.74) is 2.07. The molecule has 0 aliphatic carbocycles. The van der Waals surface area contributed by atoms with E-state index in [1.54, 1.807) is 15.7 Å². The van der Waals surface area contributed by atoms with Crippen LogP contribution >= 0.6 is 0 Å². The van der Waals surface area contributed by atoms with Crippen LogP contribution in [0.5, 0.6) is 0 Å². The third-order valence-electron chi connectivity index (χ3n) is 3.04. The molecule has 5 heteroatoms. The van der Waals surface area contributed by atoms with Crippen molar-refractivity contribution in [3.63, 3.8) is 0 Å². The lowest BCUT2D eigenvalue weighted by Crippen LogP contribution is -2.39. The quantitative estimate of drug-likeness (QED) is 0.796. The number of hydrogen-bond acceptors (Lipinski definition) is 3. The zero-order chi connectivity index (χ0) is 12.5. The van der Waals surface area contributed by atoms with Crippen molar-refractivity contribution in [2.24, 2.45) is 5.10 Å². The van der Waals surface area contributed by atoms with E-state index in [0.29, 0.717) is 13.0 Å². The van der Waals surface area contributed by atoms with Crippen molar-refractivity contribution in [2.75, 3.05) is 0 Å². The second-order valence-electron chi connectivity index (χ2n) is 4.53. The molecule has 5 nitrogen and oxygen atoms in total. The lowest BCUT2D eigenvalue weighted by molar-refractivity contribution is -0.693. The van der Waals surface area contributed by atoms with Crippen molar-refractivity contribution in [3.05, 3.63) is 48.0 Å². The molecule has 1 aromatic carbocycles. The van der Waals surface area contributed by atoms with Gasteiger partial charge in [0, 0.05) is 11.5 Å². The van der Waals surface area contributed by atoms with Crippen molar-refractivity contribution < 1.29 is 9.78 Å². The van der Waals surface area contributed by atoms with Crippen LogP contribution in [0.1, 0.15) is 30.8 Å². The van der Waals surface area contributed by atoms with E-state index < -0.39 is 6.10 Å². The van der Waals surface area contributed by atoms with E-state index in [0.717, 1.165) is 17.1 Å². The minimum absolute atomic E-state index is 0.534. The maximum Gasteiger partial charge on any atom is 0.289 e. The van der Waals surface area contributed by atoms with Gasteiger partial charge in [0.1, 0.15) is 12.6 Å². The zero-order valence-corrected chi connectivity index (χ0v) is 10.2. The van der Waals surface area contributed by atoms with Crippen LogP contribution in [0.25, 0.3) is 0 Å². The molecule has 0 unspecified atom stereocenters. The maximum absolute atomic E-state index is 10.1. The SMILES string of the molecule is CC1=N[n+]2cnn(Cc3ccccc3)c2[C@@H](O)C1. The van der Waals surface area contributed by atoms with E-state index in [4.69, 9.17) is 0 Å². The average Bonchev–Trinajstić information content (AvgIpc) is 2.73. The molecule has 0 saturated carbocycles. The highest BCUT2D eigenvalue weighted by molar-refractivity contribution is 5.82. The first kappa shape index (κ1) is 11.1. The summed E-state index contributed by atoms with van der Waals surface area (Å²) in [6.45, 7) is 2.56.